The van der Waals surface area contributed by atoms with E-state index in [9.17, 15) is 8.42 Å². The quantitative estimate of drug-likeness (QED) is 0.107. The van der Waals surface area contributed by atoms with E-state index in [0.717, 1.165) is 19.3 Å². The van der Waals surface area contributed by atoms with Gasteiger partial charge >= 0.3 is 10.4 Å². The van der Waals surface area contributed by atoms with Crippen LogP contribution in [0.2, 0.25) is 0 Å². The Kier molecular flexibility index (Phi) is 20.6. The van der Waals surface area contributed by atoms with Crippen LogP contribution >= 0.6 is 0 Å². The number of unbranched alkanes of at least 4 members (excludes halogenated alkanes) is 15. The smallest absolute Gasteiger partial charge is 0.264 e. The van der Waals surface area contributed by atoms with Crippen LogP contribution in [0, 0.1) is 5.92 Å². The predicted molar refractivity (Wildman–Crippen MR) is 125 cm³/mol. The molecule has 0 heterocycles. The number of rotatable bonds is 22. The molecule has 0 spiro atoms. The van der Waals surface area contributed by atoms with Gasteiger partial charge in [-0.2, -0.15) is 8.42 Å². The van der Waals surface area contributed by atoms with Crippen LogP contribution in [0.4, 0.5) is 0 Å². The highest BCUT2D eigenvalue weighted by atomic mass is 32.3. The minimum absolute atomic E-state index is 0.0450. The Morgan fingerprint density at radius 3 is 1.66 bits per heavy atom. The number of hydrogen-bond donors (Lipinski definition) is 1. The second-order valence-electron chi connectivity index (χ2n) is 8.43. The Morgan fingerprint density at radius 1 is 0.724 bits per heavy atom. The highest BCUT2D eigenvalue weighted by molar-refractivity contribution is 7.80. The molecule has 0 aromatic heterocycles. The molecule has 1 unspecified atom stereocenters. The second kappa shape index (κ2) is 20.9. The normalized spacial score (nSPS) is 13.3. The lowest BCUT2D eigenvalue weighted by Crippen LogP contribution is -2.12. The zero-order valence-electron chi connectivity index (χ0n) is 19.2. The van der Waals surface area contributed by atoms with Crippen molar-refractivity contribution in [3.63, 3.8) is 0 Å². The predicted octanol–water partition coefficient (Wildman–Crippen LogP) is 8.04. The van der Waals surface area contributed by atoms with Crippen LogP contribution < -0.4 is 0 Å². The Bertz CT molecular complexity index is 460. The van der Waals surface area contributed by atoms with E-state index in [0.29, 0.717) is 0 Å². The molecule has 0 aliphatic rings. The van der Waals surface area contributed by atoms with E-state index in [1.165, 1.54) is 96.3 Å². The molecule has 174 valence electrons. The van der Waals surface area contributed by atoms with Crippen molar-refractivity contribution in [2.45, 2.75) is 129 Å². The van der Waals surface area contributed by atoms with Gasteiger partial charge in [-0.1, -0.05) is 122 Å². The van der Waals surface area contributed by atoms with Gasteiger partial charge in [0.25, 0.3) is 0 Å². The molecule has 0 saturated carbocycles. The summed E-state index contributed by atoms with van der Waals surface area (Å²) in [5, 5.41) is 0. The van der Waals surface area contributed by atoms with Gasteiger partial charge in [0, 0.05) is 5.92 Å². The van der Waals surface area contributed by atoms with Crippen molar-refractivity contribution in [3.8, 4) is 0 Å². The molecule has 0 aliphatic carbocycles. The Hall–Kier alpha value is -0.390. The van der Waals surface area contributed by atoms with E-state index >= 15 is 0 Å². The van der Waals surface area contributed by atoms with Gasteiger partial charge in [-0.15, -0.1) is 0 Å². The minimum atomic E-state index is -4.35. The SMILES string of the molecule is CCCCCCCCC/C=C/C(CCCCCCCCCCC)COS(=O)(=O)O. The van der Waals surface area contributed by atoms with E-state index < -0.39 is 10.4 Å². The highest BCUT2D eigenvalue weighted by Gasteiger charge is 2.11. The molecule has 0 fully saturated rings. The molecule has 4 nitrogen and oxygen atoms in total. The van der Waals surface area contributed by atoms with Crippen LogP contribution in [0.15, 0.2) is 12.2 Å². The molecule has 29 heavy (non-hydrogen) atoms. The van der Waals surface area contributed by atoms with Gasteiger partial charge in [0.05, 0.1) is 6.61 Å². The first kappa shape index (κ1) is 28.6. The van der Waals surface area contributed by atoms with Crippen molar-refractivity contribution in [1.29, 1.82) is 0 Å². The van der Waals surface area contributed by atoms with Crippen LogP contribution in [0.3, 0.4) is 0 Å². The Morgan fingerprint density at radius 2 is 1.17 bits per heavy atom. The Labute approximate surface area is 181 Å². The molecule has 0 amide bonds. The largest absolute Gasteiger partial charge is 0.397 e. The second-order valence-corrected chi connectivity index (χ2v) is 9.52. The van der Waals surface area contributed by atoms with Crippen LogP contribution in [0.1, 0.15) is 129 Å². The summed E-state index contributed by atoms with van der Waals surface area (Å²) in [7, 11) is -4.35. The van der Waals surface area contributed by atoms with Gasteiger partial charge in [0.2, 0.25) is 0 Å². The summed E-state index contributed by atoms with van der Waals surface area (Å²) < 4.78 is 35.3. The van der Waals surface area contributed by atoms with Crippen molar-refractivity contribution >= 4 is 10.4 Å². The van der Waals surface area contributed by atoms with Gasteiger partial charge in [0.1, 0.15) is 0 Å². The van der Waals surface area contributed by atoms with E-state index in [4.69, 9.17) is 4.55 Å². The van der Waals surface area contributed by atoms with E-state index in [1.807, 2.05) is 0 Å². The zero-order chi connectivity index (χ0) is 21.6. The topological polar surface area (TPSA) is 63.6 Å². The molecule has 0 aliphatic heterocycles. The van der Waals surface area contributed by atoms with Crippen LogP contribution in [-0.2, 0) is 14.6 Å². The van der Waals surface area contributed by atoms with E-state index in [-0.39, 0.29) is 12.5 Å². The van der Waals surface area contributed by atoms with Crippen molar-refractivity contribution in [1.82, 2.24) is 0 Å². The molecular weight excluding hydrogens is 384 g/mol. The number of hydrogen-bond acceptors (Lipinski definition) is 3. The maximum absolute atomic E-state index is 10.9. The molecule has 1 atom stereocenters. The fraction of sp³-hybridized carbons (Fsp3) is 0.917. The Balaban J connectivity index is 3.94. The molecule has 0 aromatic rings. The highest BCUT2D eigenvalue weighted by Crippen LogP contribution is 2.17. The lowest BCUT2D eigenvalue weighted by molar-refractivity contribution is 0.234. The van der Waals surface area contributed by atoms with Gasteiger partial charge < -0.3 is 0 Å². The summed E-state index contributed by atoms with van der Waals surface area (Å²) in [5.41, 5.74) is 0. The third kappa shape index (κ3) is 23.8. The van der Waals surface area contributed by atoms with Crippen molar-refractivity contribution < 1.29 is 17.2 Å². The standard InChI is InChI=1S/C24H48O4S/c1-3-5-7-9-11-13-15-17-19-21-24(23-28-29(25,26)27)22-20-18-16-14-12-10-8-6-4-2/h19,21,24H,3-18,20,22-23H2,1-2H3,(H,25,26,27)/b21-19+. The summed E-state index contributed by atoms with van der Waals surface area (Å²) in [6.45, 7) is 4.52. The van der Waals surface area contributed by atoms with Gasteiger partial charge in [-0.3, -0.25) is 4.55 Å². The molecule has 0 radical (unpaired) electrons. The molecule has 0 rings (SSSR count). The summed E-state index contributed by atoms with van der Waals surface area (Å²) in [6, 6.07) is 0. The van der Waals surface area contributed by atoms with E-state index in [1.54, 1.807) is 0 Å². The first-order chi connectivity index (χ1) is 14.0. The zero-order valence-corrected chi connectivity index (χ0v) is 20.1. The fourth-order valence-corrected chi connectivity index (χ4v) is 3.98. The van der Waals surface area contributed by atoms with Gasteiger partial charge in [0.15, 0.2) is 0 Å². The van der Waals surface area contributed by atoms with Crippen molar-refractivity contribution in [3.05, 3.63) is 12.2 Å². The van der Waals surface area contributed by atoms with Gasteiger partial charge in [-0.25, -0.2) is 4.18 Å². The molecule has 1 N–H and O–H groups in total. The van der Waals surface area contributed by atoms with E-state index in [2.05, 4.69) is 30.2 Å². The first-order valence-corrected chi connectivity index (χ1v) is 13.6. The van der Waals surface area contributed by atoms with Crippen LogP contribution in [-0.4, -0.2) is 19.6 Å². The first-order valence-electron chi connectivity index (χ1n) is 12.3. The molecular formula is C24H48O4S. The van der Waals surface area contributed by atoms with Crippen molar-refractivity contribution in [2.75, 3.05) is 6.61 Å². The fourth-order valence-electron chi connectivity index (χ4n) is 3.63. The number of allylic oxidation sites excluding steroid dienone is 1. The maximum atomic E-state index is 10.9. The summed E-state index contributed by atoms with van der Waals surface area (Å²) >= 11 is 0. The lowest BCUT2D eigenvalue weighted by Gasteiger charge is -2.12. The summed E-state index contributed by atoms with van der Waals surface area (Å²) in [4.78, 5) is 0. The minimum Gasteiger partial charge on any atom is -0.264 e. The monoisotopic (exact) mass is 432 g/mol. The third-order valence-electron chi connectivity index (χ3n) is 5.49. The summed E-state index contributed by atoms with van der Waals surface area (Å²) in [6.07, 6.45) is 26.7. The lowest BCUT2D eigenvalue weighted by atomic mass is 9.99. The van der Waals surface area contributed by atoms with Gasteiger partial charge in [-0.05, 0) is 19.3 Å². The molecule has 0 bridgehead atoms. The summed E-state index contributed by atoms with van der Waals surface area (Å²) in [5.74, 6) is 0.0611. The van der Waals surface area contributed by atoms with Crippen molar-refractivity contribution in [2.24, 2.45) is 5.92 Å². The average Bonchev–Trinajstić information content (AvgIpc) is 2.68. The average molecular weight is 433 g/mol. The van der Waals surface area contributed by atoms with Crippen LogP contribution in [0.25, 0.3) is 0 Å². The molecule has 5 heteroatoms. The molecule has 0 aromatic carbocycles. The van der Waals surface area contributed by atoms with Crippen LogP contribution in [0.5, 0.6) is 0 Å². The third-order valence-corrected chi connectivity index (χ3v) is 5.93. The maximum Gasteiger partial charge on any atom is 0.397 e. The molecule has 0 saturated heterocycles.